The Hall–Kier alpha value is -0.0800. The van der Waals surface area contributed by atoms with Gasteiger partial charge in [-0.1, -0.05) is 26.7 Å². The van der Waals surface area contributed by atoms with E-state index in [1.54, 1.807) is 0 Å². The molecule has 0 amide bonds. The van der Waals surface area contributed by atoms with Crippen LogP contribution < -0.4 is 11.1 Å². The third-order valence-electron chi connectivity index (χ3n) is 4.32. The molecule has 0 aromatic rings. The van der Waals surface area contributed by atoms with Gasteiger partial charge in [-0.3, -0.25) is 0 Å². The van der Waals surface area contributed by atoms with E-state index in [1.807, 2.05) is 0 Å². The molecule has 0 unspecified atom stereocenters. The highest BCUT2D eigenvalue weighted by Gasteiger charge is 2.19. The van der Waals surface area contributed by atoms with Gasteiger partial charge in [-0.05, 0) is 63.1 Å². The van der Waals surface area contributed by atoms with Gasteiger partial charge < -0.3 is 11.1 Å². The minimum atomic E-state index is 0.815. The molecule has 0 radical (unpaired) electrons. The van der Waals surface area contributed by atoms with E-state index in [2.05, 4.69) is 19.2 Å². The molecule has 0 aromatic carbocycles. The zero-order valence-corrected chi connectivity index (χ0v) is 11.2. The lowest BCUT2D eigenvalue weighted by Gasteiger charge is -2.28. The van der Waals surface area contributed by atoms with Gasteiger partial charge in [0.2, 0.25) is 0 Å². The van der Waals surface area contributed by atoms with E-state index in [1.165, 1.54) is 51.6 Å². The standard InChI is InChI=1S/C14H30N2/c1-3-12(4-2)10-16-11-14-7-5-13(9-15)6-8-14/h12-14,16H,3-11,15H2,1-2H3. The highest BCUT2D eigenvalue weighted by atomic mass is 14.9. The fraction of sp³-hybridized carbons (Fsp3) is 1.00. The van der Waals surface area contributed by atoms with Crippen LogP contribution in [0.1, 0.15) is 52.4 Å². The van der Waals surface area contributed by atoms with Gasteiger partial charge in [0.1, 0.15) is 0 Å². The highest BCUT2D eigenvalue weighted by Crippen LogP contribution is 2.27. The van der Waals surface area contributed by atoms with Crippen LogP contribution in [0.4, 0.5) is 0 Å². The summed E-state index contributed by atoms with van der Waals surface area (Å²) in [5, 5.41) is 3.66. The molecule has 1 saturated carbocycles. The van der Waals surface area contributed by atoms with Crippen LogP contribution in [0.2, 0.25) is 0 Å². The Morgan fingerprint density at radius 2 is 1.62 bits per heavy atom. The van der Waals surface area contributed by atoms with Crippen molar-refractivity contribution in [1.29, 1.82) is 0 Å². The van der Waals surface area contributed by atoms with E-state index in [4.69, 9.17) is 5.73 Å². The normalized spacial score (nSPS) is 26.2. The summed E-state index contributed by atoms with van der Waals surface area (Å²) in [5.74, 6) is 2.60. The van der Waals surface area contributed by atoms with Crippen LogP contribution in [0.25, 0.3) is 0 Å². The van der Waals surface area contributed by atoms with Gasteiger partial charge in [0.25, 0.3) is 0 Å². The molecule has 96 valence electrons. The lowest BCUT2D eigenvalue weighted by atomic mass is 9.82. The first-order valence-electron chi connectivity index (χ1n) is 7.20. The average molecular weight is 226 g/mol. The minimum Gasteiger partial charge on any atom is -0.330 e. The molecule has 1 aliphatic carbocycles. The first kappa shape index (κ1) is 14.0. The van der Waals surface area contributed by atoms with Crippen molar-refractivity contribution < 1.29 is 0 Å². The van der Waals surface area contributed by atoms with E-state index in [-0.39, 0.29) is 0 Å². The van der Waals surface area contributed by atoms with Gasteiger partial charge in [0, 0.05) is 0 Å². The fourth-order valence-electron chi connectivity index (χ4n) is 2.74. The van der Waals surface area contributed by atoms with Crippen LogP contribution >= 0.6 is 0 Å². The molecule has 0 atom stereocenters. The molecule has 0 bridgehead atoms. The summed E-state index contributed by atoms with van der Waals surface area (Å²) in [4.78, 5) is 0. The second-order valence-electron chi connectivity index (χ2n) is 5.46. The molecule has 16 heavy (non-hydrogen) atoms. The SMILES string of the molecule is CCC(CC)CNCC1CCC(CN)CC1. The molecule has 0 aliphatic heterocycles. The summed E-state index contributed by atoms with van der Waals surface area (Å²) in [7, 11) is 0. The lowest BCUT2D eigenvalue weighted by Crippen LogP contribution is -2.31. The quantitative estimate of drug-likeness (QED) is 0.700. The van der Waals surface area contributed by atoms with Gasteiger partial charge in [-0.15, -0.1) is 0 Å². The first-order chi connectivity index (χ1) is 7.80. The second-order valence-corrected chi connectivity index (χ2v) is 5.46. The van der Waals surface area contributed by atoms with E-state index >= 15 is 0 Å². The predicted octanol–water partition coefficient (Wildman–Crippen LogP) is 2.78. The van der Waals surface area contributed by atoms with Crippen LogP contribution in [0, 0.1) is 17.8 Å². The van der Waals surface area contributed by atoms with Crippen molar-refractivity contribution in [3.63, 3.8) is 0 Å². The van der Waals surface area contributed by atoms with Crippen LogP contribution in [0.5, 0.6) is 0 Å². The number of rotatable bonds is 7. The second kappa shape index (κ2) is 8.08. The molecular weight excluding hydrogens is 196 g/mol. The van der Waals surface area contributed by atoms with Gasteiger partial charge in [-0.2, -0.15) is 0 Å². The Labute approximate surface area is 101 Å². The molecule has 2 heteroatoms. The molecule has 2 nitrogen and oxygen atoms in total. The molecular formula is C14H30N2. The highest BCUT2D eigenvalue weighted by molar-refractivity contribution is 4.74. The maximum atomic E-state index is 5.71. The van der Waals surface area contributed by atoms with E-state index in [0.717, 1.165) is 24.3 Å². The van der Waals surface area contributed by atoms with Crippen LogP contribution in [-0.4, -0.2) is 19.6 Å². The fourth-order valence-corrected chi connectivity index (χ4v) is 2.74. The number of hydrogen-bond acceptors (Lipinski definition) is 2. The molecule has 1 fully saturated rings. The largest absolute Gasteiger partial charge is 0.330 e. The summed E-state index contributed by atoms with van der Waals surface area (Å²) in [6.07, 6.45) is 8.10. The van der Waals surface area contributed by atoms with Crippen molar-refractivity contribution in [2.45, 2.75) is 52.4 Å². The molecule has 0 saturated heterocycles. The van der Waals surface area contributed by atoms with Gasteiger partial charge in [-0.25, -0.2) is 0 Å². The van der Waals surface area contributed by atoms with Gasteiger partial charge >= 0.3 is 0 Å². The molecule has 1 aliphatic rings. The van der Waals surface area contributed by atoms with E-state index < -0.39 is 0 Å². The van der Waals surface area contributed by atoms with Crippen molar-refractivity contribution in [3.8, 4) is 0 Å². The van der Waals surface area contributed by atoms with Crippen LogP contribution in [-0.2, 0) is 0 Å². The van der Waals surface area contributed by atoms with E-state index in [9.17, 15) is 0 Å². The minimum absolute atomic E-state index is 0.815. The van der Waals surface area contributed by atoms with Gasteiger partial charge in [0.15, 0.2) is 0 Å². The Balaban J connectivity index is 2.06. The molecule has 3 N–H and O–H groups in total. The van der Waals surface area contributed by atoms with Crippen molar-refractivity contribution in [2.24, 2.45) is 23.5 Å². The molecule has 0 spiro atoms. The van der Waals surface area contributed by atoms with Crippen molar-refractivity contribution in [1.82, 2.24) is 5.32 Å². The Bertz CT molecular complexity index is 158. The summed E-state index contributed by atoms with van der Waals surface area (Å²) in [6, 6.07) is 0. The monoisotopic (exact) mass is 226 g/mol. The zero-order valence-electron chi connectivity index (χ0n) is 11.2. The summed E-state index contributed by atoms with van der Waals surface area (Å²) >= 11 is 0. The first-order valence-corrected chi connectivity index (χ1v) is 7.20. The maximum absolute atomic E-state index is 5.71. The molecule has 0 heterocycles. The summed E-state index contributed by atoms with van der Waals surface area (Å²) in [5.41, 5.74) is 5.71. The smallest absolute Gasteiger partial charge is 0.00204 e. The Morgan fingerprint density at radius 3 is 2.12 bits per heavy atom. The summed E-state index contributed by atoms with van der Waals surface area (Å²) < 4.78 is 0. The molecule has 1 rings (SSSR count). The van der Waals surface area contributed by atoms with Crippen molar-refractivity contribution in [2.75, 3.05) is 19.6 Å². The third kappa shape index (κ3) is 4.84. The topological polar surface area (TPSA) is 38.0 Å². The van der Waals surface area contributed by atoms with Crippen LogP contribution in [0.3, 0.4) is 0 Å². The third-order valence-corrected chi connectivity index (χ3v) is 4.32. The van der Waals surface area contributed by atoms with Gasteiger partial charge in [0.05, 0.1) is 0 Å². The summed E-state index contributed by atoms with van der Waals surface area (Å²) in [6.45, 7) is 7.93. The maximum Gasteiger partial charge on any atom is -0.00204 e. The Morgan fingerprint density at radius 1 is 1.06 bits per heavy atom. The zero-order chi connectivity index (χ0) is 11.8. The number of hydrogen-bond donors (Lipinski definition) is 2. The molecule has 0 aromatic heterocycles. The van der Waals surface area contributed by atoms with Crippen molar-refractivity contribution >= 4 is 0 Å². The number of nitrogens with two attached hydrogens (primary N) is 1. The average Bonchev–Trinajstić information content (AvgIpc) is 2.35. The van der Waals surface area contributed by atoms with E-state index in [0.29, 0.717) is 0 Å². The van der Waals surface area contributed by atoms with Crippen molar-refractivity contribution in [3.05, 3.63) is 0 Å². The Kier molecular flexibility index (Phi) is 7.06. The number of nitrogens with one attached hydrogen (secondary N) is 1. The predicted molar refractivity (Wildman–Crippen MR) is 71.4 cm³/mol. The lowest BCUT2D eigenvalue weighted by molar-refractivity contribution is 0.267. The van der Waals surface area contributed by atoms with Crippen LogP contribution in [0.15, 0.2) is 0 Å².